The Bertz CT molecular complexity index is 862. The fourth-order valence-electron chi connectivity index (χ4n) is 3.79. The van der Waals surface area contributed by atoms with Gasteiger partial charge in [0.1, 0.15) is 0 Å². The molecule has 1 fully saturated rings. The zero-order chi connectivity index (χ0) is 20.5. The number of sulfonamides is 1. The number of anilines is 1. The first-order valence-corrected chi connectivity index (χ1v) is 11.1. The van der Waals surface area contributed by atoms with Crippen molar-refractivity contribution in [3.05, 3.63) is 23.8 Å². The molecule has 2 aliphatic rings. The summed E-state index contributed by atoms with van der Waals surface area (Å²) in [4.78, 5) is 27.5. The molecule has 0 N–H and O–H groups in total. The SMILES string of the molecule is CCOC(=O)N1CCN(S(=O)(=O)c2ccc3c(c2)C[C@@H](C)N3C(=O)CC)CC1. The quantitative estimate of drug-likeness (QED) is 0.757. The molecule has 1 aromatic carbocycles. The predicted octanol–water partition coefficient (Wildman–Crippen LogP) is 1.84. The molecule has 0 aliphatic carbocycles. The second-order valence-corrected chi connectivity index (χ2v) is 8.99. The predicted molar refractivity (Wildman–Crippen MR) is 105 cm³/mol. The summed E-state index contributed by atoms with van der Waals surface area (Å²) in [6.07, 6.45) is 0.641. The van der Waals surface area contributed by atoms with E-state index in [0.29, 0.717) is 32.5 Å². The largest absolute Gasteiger partial charge is 0.450 e. The summed E-state index contributed by atoms with van der Waals surface area (Å²) < 4.78 is 32.5. The summed E-state index contributed by atoms with van der Waals surface area (Å²) in [5.41, 5.74) is 1.67. The van der Waals surface area contributed by atoms with Gasteiger partial charge in [-0.05, 0) is 44.0 Å². The van der Waals surface area contributed by atoms with Gasteiger partial charge in [0.15, 0.2) is 0 Å². The van der Waals surface area contributed by atoms with Crippen LogP contribution in [0, 0.1) is 0 Å². The van der Waals surface area contributed by atoms with Crippen LogP contribution >= 0.6 is 0 Å². The van der Waals surface area contributed by atoms with Crippen molar-refractivity contribution in [1.29, 1.82) is 0 Å². The number of carbonyl (C=O) groups excluding carboxylic acids is 2. The van der Waals surface area contributed by atoms with Gasteiger partial charge in [-0.3, -0.25) is 4.79 Å². The molecule has 9 heteroatoms. The number of rotatable bonds is 4. The van der Waals surface area contributed by atoms with Gasteiger partial charge in [0.25, 0.3) is 0 Å². The third-order valence-electron chi connectivity index (χ3n) is 5.24. The number of piperazine rings is 1. The van der Waals surface area contributed by atoms with Crippen molar-refractivity contribution in [3.8, 4) is 0 Å². The van der Waals surface area contributed by atoms with Crippen LogP contribution in [0.3, 0.4) is 0 Å². The van der Waals surface area contributed by atoms with Crippen LogP contribution in [-0.4, -0.2) is 68.5 Å². The molecule has 0 radical (unpaired) electrons. The highest BCUT2D eigenvalue weighted by atomic mass is 32.2. The highest BCUT2D eigenvalue weighted by Crippen LogP contribution is 2.35. The third kappa shape index (κ3) is 3.73. The maximum Gasteiger partial charge on any atom is 0.409 e. The van der Waals surface area contributed by atoms with Crippen LogP contribution in [0.1, 0.15) is 32.8 Å². The lowest BCUT2D eigenvalue weighted by Crippen LogP contribution is -2.50. The average Bonchev–Trinajstić information content (AvgIpc) is 3.02. The molecule has 0 saturated carbocycles. The van der Waals surface area contributed by atoms with E-state index in [9.17, 15) is 18.0 Å². The Morgan fingerprint density at radius 3 is 2.43 bits per heavy atom. The number of hydrogen-bond donors (Lipinski definition) is 0. The number of fused-ring (bicyclic) bond motifs is 1. The van der Waals surface area contributed by atoms with Gasteiger partial charge < -0.3 is 14.5 Å². The summed E-state index contributed by atoms with van der Waals surface area (Å²) in [5, 5.41) is 0. The van der Waals surface area contributed by atoms with Gasteiger partial charge in [0.2, 0.25) is 15.9 Å². The molecule has 0 aromatic heterocycles. The lowest BCUT2D eigenvalue weighted by Gasteiger charge is -2.33. The van der Waals surface area contributed by atoms with Crippen molar-refractivity contribution in [2.24, 2.45) is 0 Å². The molecule has 0 unspecified atom stereocenters. The van der Waals surface area contributed by atoms with Gasteiger partial charge in [-0.15, -0.1) is 0 Å². The smallest absolute Gasteiger partial charge is 0.409 e. The van der Waals surface area contributed by atoms with E-state index in [1.807, 2.05) is 13.8 Å². The lowest BCUT2D eigenvalue weighted by atomic mass is 10.1. The van der Waals surface area contributed by atoms with Crippen molar-refractivity contribution in [1.82, 2.24) is 9.21 Å². The van der Waals surface area contributed by atoms with Crippen molar-refractivity contribution < 1.29 is 22.7 Å². The summed E-state index contributed by atoms with van der Waals surface area (Å²) in [6.45, 7) is 6.89. The zero-order valence-corrected chi connectivity index (χ0v) is 17.4. The summed E-state index contributed by atoms with van der Waals surface area (Å²) in [7, 11) is -3.65. The van der Waals surface area contributed by atoms with E-state index in [-0.39, 0.29) is 29.9 Å². The summed E-state index contributed by atoms with van der Waals surface area (Å²) >= 11 is 0. The molecule has 1 aromatic rings. The van der Waals surface area contributed by atoms with Gasteiger partial charge >= 0.3 is 6.09 Å². The van der Waals surface area contributed by atoms with Crippen LogP contribution in [0.2, 0.25) is 0 Å². The normalized spacial score (nSPS) is 20.2. The minimum absolute atomic E-state index is 0.0218. The molecule has 0 spiro atoms. The Labute approximate surface area is 166 Å². The van der Waals surface area contributed by atoms with Gasteiger partial charge in [0.05, 0.1) is 11.5 Å². The van der Waals surface area contributed by atoms with Gasteiger partial charge in [-0.1, -0.05) is 6.92 Å². The lowest BCUT2D eigenvalue weighted by molar-refractivity contribution is -0.118. The molecular weight excluding hydrogens is 382 g/mol. The second-order valence-electron chi connectivity index (χ2n) is 7.05. The van der Waals surface area contributed by atoms with Crippen LogP contribution in [-0.2, 0) is 26.0 Å². The number of amides is 2. The summed E-state index contributed by atoms with van der Waals surface area (Å²) in [5.74, 6) is 0.0388. The van der Waals surface area contributed by atoms with Crippen LogP contribution in [0.25, 0.3) is 0 Å². The molecule has 154 valence electrons. The molecule has 2 amide bonds. The first-order chi connectivity index (χ1) is 13.3. The Morgan fingerprint density at radius 1 is 1.14 bits per heavy atom. The maximum atomic E-state index is 13.1. The molecule has 1 saturated heterocycles. The molecule has 2 heterocycles. The van der Waals surface area contributed by atoms with Crippen LogP contribution in [0.4, 0.5) is 10.5 Å². The van der Waals surface area contributed by atoms with Crippen LogP contribution in [0.5, 0.6) is 0 Å². The molecule has 3 rings (SSSR count). The Morgan fingerprint density at radius 2 is 1.82 bits per heavy atom. The fourth-order valence-corrected chi connectivity index (χ4v) is 5.27. The van der Waals surface area contributed by atoms with Gasteiger partial charge in [-0.25, -0.2) is 13.2 Å². The summed E-state index contributed by atoms with van der Waals surface area (Å²) in [6, 6.07) is 5.00. The van der Waals surface area contributed by atoms with E-state index in [1.165, 1.54) is 9.21 Å². The number of benzene rings is 1. The highest BCUT2D eigenvalue weighted by Gasteiger charge is 2.34. The Balaban J connectivity index is 1.77. The van der Waals surface area contributed by atoms with Gasteiger partial charge in [-0.2, -0.15) is 4.31 Å². The molecule has 8 nitrogen and oxygen atoms in total. The molecular formula is C19H27N3O5S. The zero-order valence-electron chi connectivity index (χ0n) is 16.6. The first kappa shape index (κ1) is 20.6. The van der Waals surface area contributed by atoms with E-state index in [4.69, 9.17) is 4.74 Å². The monoisotopic (exact) mass is 409 g/mol. The van der Waals surface area contributed by atoms with Crippen molar-refractivity contribution in [2.45, 2.75) is 44.6 Å². The van der Waals surface area contributed by atoms with Gasteiger partial charge in [0, 0.05) is 44.3 Å². The second kappa shape index (κ2) is 8.08. The van der Waals surface area contributed by atoms with E-state index in [0.717, 1.165) is 11.3 Å². The fraction of sp³-hybridized carbons (Fsp3) is 0.579. The number of hydrogen-bond acceptors (Lipinski definition) is 5. The minimum Gasteiger partial charge on any atom is -0.450 e. The minimum atomic E-state index is -3.65. The first-order valence-electron chi connectivity index (χ1n) is 9.66. The standard InChI is InChI=1S/C19H27N3O5S/c1-4-18(23)22-14(3)12-15-13-16(6-7-17(15)22)28(25,26)21-10-8-20(9-11-21)19(24)27-5-2/h6-7,13-14H,4-5,8-12H2,1-3H3/t14-/m1/s1. The highest BCUT2D eigenvalue weighted by molar-refractivity contribution is 7.89. The van der Waals surface area contributed by atoms with E-state index < -0.39 is 16.1 Å². The van der Waals surface area contributed by atoms with Crippen molar-refractivity contribution >= 4 is 27.7 Å². The third-order valence-corrected chi connectivity index (χ3v) is 7.13. The Kier molecular flexibility index (Phi) is 5.95. The molecule has 0 bridgehead atoms. The van der Waals surface area contributed by atoms with Crippen molar-refractivity contribution in [2.75, 3.05) is 37.7 Å². The average molecular weight is 410 g/mol. The molecule has 28 heavy (non-hydrogen) atoms. The number of nitrogens with zero attached hydrogens (tertiary/aromatic N) is 3. The van der Waals surface area contributed by atoms with Crippen LogP contribution in [0.15, 0.2) is 23.1 Å². The molecule has 1 atom stereocenters. The van der Waals surface area contributed by atoms with Crippen molar-refractivity contribution in [3.63, 3.8) is 0 Å². The number of carbonyl (C=O) groups is 2. The van der Waals surface area contributed by atoms with E-state index >= 15 is 0 Å². The van der Waals surface area contributed by atoms with E-state index in [2.05, 4.69) is 0 Å². The number of ether oxygens (including phenoxy) is 1. The Hall–Kier alpha value is -2.13. The molecule has 2 aliphatic heterocycles. The maximum absolute atomic E-state index is 13.1. The van der Waals surface area contributed by atoms with Crippen LogP contribution < -0.4 is 4.90 Å². The van der Waals surface area contributed by atoms with E-state index in [1.54, 1.807) is 30.0 Å². The topological polar surface area (TPSA) is 87.2 Å².